The van der Waals surface area contributed by atoms with E-state index in [9.17, 15) is 0 Å². The lowest BCUT2D eigenvalue weighted by Gasteiger charge is -2.21. The molecule has 106 valence electrons. The lowest BCUT2D eigenvalue weighted by molar-refractivity contribution is 0.431. The first-order valence-electron chi connectivity index (χ1n) is 7.32. The Morgan fingerprint density at radius 2 is 1.95 bits per heavy atom. The number of thioether (sulfide) groups is 1. The average Bonchev–Trinajstić information content (AvgIpc) is 2.67. The predicted molar refractivity (Wildman–Crippen MR) is 81.6 cm³/mol. The summed E-state index contributed by atoms with van der Waals surface area (Å²) in [4.78, 5) is 9.10. The van der Waals surface area contributed by atoms with Crippen LogP contribution in [0.1, 0.15) is 44.5 Å². The number of nitrogens with one attached hydrogen (secondary N) is 1. The van der Waals surface area contributed by atoms with Gasteiger partial charge in [-0.25, -0.2) is 9.97 Å². The highest BCUT2D eigenvalue weighted by Crippen LogP contribution is 2.37. The van der Waals surface area contributed by atoms with E-state index in [-0.39, 0.29) is 0 Å². The van der Waals surface area contributed by atoms with Gasteiger partial charge in [0, 0.05) is 22.7 Å². The minimum absolute atomic E-state index is 0.649. The van der Waals surface area contributed by atoms with Crippen LogP contribution in [0.25, 0.3) is 0 Å². The zero-order valence-electron chi connectivity index (χ0n) is 12.4. The molecule has 0 amide bonds. The van der Waals surface area contributed by atoms with Gasteiger partial charge in [-0.3, -0.25) is 0 Å². The Morgan fingerprint density at radius 3 is 2.58 bits per heavy atom. The third-order valence-electron chi connectivity index (χ3n) is 3.86. The van der Waals surface area contributed by atoms with E-state index < -0.39 is 0 Å². The average molecular weight is 279 g/mol. The van der Waals surface area contributed by atoms with Gasteiger partial charge in [-0.05, 0) is 51.6 Å². The summed E-state index contributed by atoms with van der Waals surface area (Å²) in [5.41, 5.74) is 2.14. The lowest BCUT2D eigenvalue weighted by Crippen LogP contribution is -2.33. The second-order valence-corrected chi connectivity index (χ2v) is 6.79. The van der Waals surface area contributed by atoms with Crippen molar-refractivity contribution in [2.24, 2.45) is 5.92 Å². The molecule has 0 spiro atoms. The molecule has 0 radical (unpaired) electrons. The summed E-state index contributed by atoms with van der Waals surface area (Å²) in [5, 5.41) is 5.26. The van der Waals surface area contributed by atoms with Crippen molar-refractivity contribution in [2.75, 3.05) is 6.54 Å². The first kappa shape index (κ1) is 14.8. The van der Waals surface area contributed by atoms with E-state index in [1.54, 1.807) is 0 Å². The second kappa shape index (κ2) is 6.71. The molecule has 1 aliphatic rings. The first-order chi connectivity index (χ1) is 9.10. The van der Waals surface area contributed by atoms with E-state index >= 15 is 0 Å². The Hall–Kier alpha value is -0.610. The maximum Gasteiger partial charge on any atom is 0.188 e. The molecule has 3 atom stereocenters. The summed E-state index contributed by atoms with van der Waals surface area (Å²) >= 11 is 1.86. The van der Waals surface area contributed by atoms with Gasteiger partial charge in [0.1, 0.15) is 0 Å². The van der Waals surface area contributed by atoms with Crippen LogP contribution in [0.3, 0.4) is 0 Å². The SMILES string of the molecule is CCCNC1CCC(Sc2nc(C)cc(C)n2)C1C. The normalized spacial score (nSPS) is 26.8. The smallest absolute Gasteiger partial charge is 0.188 e. The quantitative estimate of drug-likeness (QED) is 0.839. The standard InChI is InChI=1S/C15H25N3S/c1-5-8-16-13-6-7-14(12(13)4)19-15-17-10(2)9-11(3)18-15/h9,12-14,16H,5-8H2,1-4H3. The fourth-order valence-corrected chi connectivity index (χ4v) is 4.12. The zero-order chi connectivity index (χ0) is 13.8. The summed E-state index contributed by atoms with van der Waals surface area (Å²) in [6.45, 7) is 9.81. The minimum atomic E-state index is 0.649. The van der Waals surface area contributed by atoms with E-state index in [2.05, 4.69) is 29.1 Å². The molecule has 3 nitrogen and oxygen atoms in total. The number of aryl methyl sites for hydroxylation is 2. The molecule has 1 N–H and O–H groups in total. The molecule has 1 aliphatic carbocycles. The molecule has 1 saturated carbocycles. The van der Waals surface area contributed by atoms with Crippen LogP contribution < -0.4 is 5.32 Å². The molecule has 4 heteroatoms. The van der Waals surface area contributed by atoms with E-state index in [0.717, 1.165) is 23.1 Å². The molecule has 1 fully saturated rings. The molecule has 19 heavy (non-hydrogen) atoms. The van der Waals surface area contributed by atoms with Gasteiger partial charge in [0.05, 0.1) is 0 Å². The van der Waals surface area contributed by atoms with Crippen molar-refractivity contribution in [2.45, 2.75) is 63.4 Å². The Balaban J connectivity index is 1.96. The summed E-state index contributed by atoms with van der Waals surface area (Å²) in [5.74, 6) is 0.695. The highest BCUT2D eigenvalue weighted by molar-refractivity contribution is 7.99. The topological polar surface area (TPSA) is 37.8 Å². The molecule has 0 bridgehead atoms. The van der Waals surface area contributed by atoms with E-state index in [0.29, 0.717) is 17.2 Å². The molecule has 1 heterocycles. The number of aromatic nitrogens is 2. The summed E-state index contributed by atoms with van der Waals surface area (Å²) < 4.78 is 0. The third-order valence-corrected chi connectivity index (χ3v) is 5.22. The van der Waals surface area contributed by atoms with E-state index in [1.165, 1.54) is 19.3 Å². The summed E-state index contributed by atoms with van der Waals surface area (Å²) in [7, 11) is 0. The second-order valence-electron chi connectivity index (χ2n) is 5.59. The molecular weight excluding hydrogens is 254 g/mol. The van der Waals surface area contributed by atoms with Gasteiger partial charge >= 0.3 is 0 Å². The maximum atomic E-state index is 4.55. The number of nitrogens with zero attached hydrogens (tertiary/aromatic N) is 2. The Labute approximate surface area is 121 Å². The molecule has 0 saturated heterocycles. The van der Waals surface area contributed by atoms with Crippen LogP contribution in [0.15, 0.2) is 11.2 Å². The van der Waals surface area contributed by atoms with Crippen molar-refractivity contribution >= 4 is 11.8 Å². The van der Waals surface area contributed by atoms with Crippen molar-refractivity contribution < 1.29 is 0 Å². The van der Waals surface area contributed by atoms with E-state index in [4.69, 9.17) is 0 Å². The Bertz CT molecular complexity index is 402. The van der Waals surface area contributed by atoms with Crippen LogP contribution in [-0.4, -0.2) is 27.8 Å². The number of hydrogen-bond donors (Lipinski definition) is 1. The van der Waals surface area contributed by atoms with Gasteiger partial charge in [-0.2, -0.15) is 0 Å². The van der Waals surface area contributed by atoms with Crippen LogP contribution >= 0.6 is 11.8 Å². The van der Waals surface area contributed by atoms with Crippen molar-refractivity contribution in [1.29, 1.82) is 0 Å². The van der Waals surface area contributed by atoms with Crippen LogP contribution in [0, 0.1) is 19.8 Å². The lowest BCUT2D eigenvalue weighted by atomic mass is 10.1. The minimum Gasteiger partial charge on any atom is -0.314 e. The largest absolute Gasteiger partial charge is 0.314 e. The highest BCUT2D eigenvalue weighted by atomic mass is 32.2. The maximum absolute atomic E-state index is 4.55. The van der Waals surface area contributed by atoms with Gasteiger partial charge in [-0.1, -0.05) is 25.6 Å². The van der Waals surface area contributed by atoms with Crippen molar-refractivity contribution in [3.63, 3.8) is 0 Å². The monoisotopic (exact) mass is 279 g/mol. The first-order valence-corrected chi connectivity index (χ1v) is 8.20. The van der Waals surface area contributed by atoms with Crippen LogP contribution in [0.4, 0.5) is 0 Å². The fraction of sp³-hybridized carbons (Fsp3) is 0.733. The van der Waals surface area contributed by atoms with Gasteiger partial charge in [0.15, 0.2) is 5.16 Å². The number of rotatable bonds is 5. The molecule has 2 rings (SSSR count). The van der Waals surface area contributed by atoms with Gasteiger partial charge < -0.3 is 5.32 Å². The van der Waals surface area contributed by atoms with Gasteiger partial charge in [0.2, 0.25) is 0 Å². The van der Waals surface area contributed by atoms with Crippen LogP contribution in [0.2, 0.25) is 0 Å². The van der Waals surface area contributed by atoms with Crippen molar-refractivity contribution in [1.82, 2.24) is 15.3 Å². The third kappa shape index (κ3) is 3.93. The van der Waals surface area contributed by atoms with Crippen molar-refractivity contribution in [3.8, 4) is 0 Å². The predicted octanol–water partition coefficient (Wildman–Crippen LogP) is 3.35. The highest BCUT2D eigenvalue weighted by Gasteiger charge is 2.33. The molecular formula is C15H25N3S. The van der Waals surface area contributed by atoms with Crippen molar-refractivity contribution in [3.05, 3.63) is 17.5 Å². The molecule has 3 unspecified atom stereocenters. The van der Waals surface area contributed by atoms with Crippen LogP contribution in [0.5, 0.6) is 0 Å². The summed E-state index contributed by atoms with van der Waals surface area (Å²) in [6, 6.07) is 2.71. The molecule has 0 aliphatic heterocycles. The fourth-order valence-electron chi connectivity index (χ4n) is 2.79. The number of hydrogen-bond acceptors (Lipinski definition) is 4. The van der Waals surface area contributed by atoms with E-state index in [1.807, 2.05) is 31.7 Å². The van der Waals surface area contributed by atoms with Crippen LogP contribution in [-0.2, 0) is 0 Å². The molecule has 0 aromatic carbocycles. The van der Waals surface area contributed by atoms with Gasteiger partial charge in [0.25, 0.3) is 0 Å². The zero-order valence-corrected chi connectivity index (χ0v) is 13.3. The van der Waals surface area contributed by atoms with Gasteiger partial charge in [-0.15, -0.1) is 0 Å². The molecule has 1 aromatic rings. The Kier molecular flexibility index (Phi) is 5.22. The Morgan fingerprint density at radius 1 is 1.26 bits per heavy atom. The molecule has 1 aromatic heterocycles. The summed E-state index contributed by atoms with van der Waals surface area (Å²) in [6.07, 6.45) is 3.76.